The van der Waals surface area contributed by atoms with Crippen molar-refractivity contribution in [1.82, 2.24) is 10.2 Å². The normalized spacial score (nSPS) is 30.3. The molecule has 114 valence electrons. The summed E-state index contributed by atoms with van der Waals surface area (Å²) >= 11 is 0. The molecule has 3 unspecified atom stereocenters. The number of likely N-dealkylation sites (tertiary alicyclic amines) is 1. The van der Waals surface area contributed by atoms with Gasteiger partial charge in [0.25, 0.3) is 0 Å². The summed E-state index contributed by atoms with van der Waals surface area (Å²) in [5.41, 5.74) is 5.97. The first-order valence-electron chi connectivity index (χ1n) is 7.87. The third-order valence-corrected chi connectivity index (χ3v) is 4.45. The first-order chi connectivity index (χ1) is 9.56. The van der Waals surface area contributed by atoms with E-state index in [4.69, 9.17) is 5.73 Å². The molecule has 0 bridgehead atoms. The van der Waals surface area contributed by atoms with Crippen LogP contribution < -0.4 is 11.1 Å². The predicted molar refractivity (Wildman–Crippen MR) is 77.9 cm³/mol. The van der Waals surface area contributed by atoms with E-state index in [0.717, 1.165) is 45.2 Å². The molecule has 0 aromatic rings. The zero-order valence-corrected chi connectivity index (χ0v) is 12.4. The van der Waals surface area contributed by atoms with E-state index in [9.17, 15) is 9.59 Å². The van der Waals surface area contributed by atoms with Crippen LogP contribution in [0.2, 0.25) is 0 Å². The van der Waals surface area contributed by atoms with E-state index in [1.807, 2.05) is 4.90 Å². The number of carbonyl (C=O) groups excluding carboxylic acids is 2. The Bertz CT molecular complexity index is 343. The van der Waals surface area contributed by atoms with Crippen molar-refractivity contribution in [2.24, 2.45) is 17.6 Å². The number of nitrogens with two attached hydrogens (primary N) is 1. The van der Waals surface area contributed by atoms with Crippen LogP contribution in [0.5, 0.6) is 0 Å². The Morgan fingerprint density at radius 1 is 1.20 bits per heavy atom. The fraction of sp³-hybridized carbons (Fsp3) is 0.867. The summed E-state index contributed by atoms with van der Waals surface area (Å²) in [6.45, 7) is 4.36. The fourth-order valence-electron chi connectivity index (χ4n) is 3.43. The molecule has 3 N–H and O–H groups in total. The molecule has 0 aromatic carbocycles. The number of amides is 2. The molecule has 1 saturated heterocycles. The van der Waals surface area contributed by atoms with Crippen LogP contribution in [0.15, 0.2) is 0 Å². The van der Waals surface area contributed by atoms with E-state index in [1.54, 1.807) is 0 Å². The van der Waals surface area contributed by atoms with Crippen LogP contribution in [0.4, 0.5) is 0 Å². The molecule has 3 atom stereocenters. The third kappa shape index (κ3) is 4.20. The maximum absolute atomic E-state index is 12.1. The average molecular weight is 281 g/mol. The van der Waals surface area contributed by atoms with Crippen LogP contribution in [-0.4, -0.2) is 42.4 Å². The summed E-state index contributed by atoms with van der Waals surface area (Å²) in [5.74, 6) is 0.772. The van der Waals surface area contributed by atoms with Crippen molar-refractivity contribution < 1.29 is 9.59 Å². The Balaban J connectivity index is 1.68. The van der Waals surface area contributed by atoms with E-state index in [1.165, 1.54) is 0 Å². The lowest BCUT2D eigenvalue weighted by Crippen LogP contribution is -2.41. The molecular formula is C15H27N3O2. The smallest absolute Gasteiger partial charge is 0.224 e. The van der Waals surface area contributed by atoms with Crippen molar-refractivity contribution in [1.29, 1.82) is 0 Å². The summed E-state index contributed by atoms with van der Waals surface area (Å²) in [6.07, 6.45) is 5.33. The number of hydrogen-bond donors (Lipinski definition) is 2. The van der Waals surface area contributed by atoms with Crippen LogP contribution in [0, 0.1) is 11.8 Å². The molecule has 2 rings (SSSR count). The van der Waals surface area contributed by atoms with Crippen LogP contribution in [0.25, 0.3) is 0 Å². The number of hydrogen-bond acceptors (Lipinski definition) is 3. The van der Waals surface area contributed by atoms with E-state index in [2.05, 4.69) is 12.2 Å². The summed E-state index contributed by atoms with van der Waals surface area (Å²) < 4.78 is 0. The Kier molecular flexibility index (Phi) is 5.40. The average Bonchev–Trinajstić information content (AvgIpc) is 2.91. The predicted octanol–water partition coefficient (Wildman–Crippen LogP) is 0.879. The molecule has 1 aliphatic carbocycles. The molecule has 0 aromatic heterocycles. The second-order valence-corrected chi connectivity index (χ2v) is 6.40. The molecule has 2 fully saturated rings. The van der Waals surface area contributed by atoms with Crippen molar-refractivity contribution in [2.75, 3.05) is 19.6 Å². The minimum atomic E-state index is 0.0237. The van der Waals surface area contributed by atoms with Crippen molar-refractivity contribution >= 4 is 11.8 Å². The van der Waals surface area contributed by atoms with E-state index >= 15 is 0 Å². The number of nitrogens with zero attached hydrogens (tertiary/aromatic N) is 1. The maximum Gasteiger partial charge on any atom is 0.224 e. The van der Waals surface area contributed by atoms with Gasteiger partial charge < -0.3 is 16.0 Å². The van der Waals surface area contributed by atoms with Crippen LogP contribution in [-0.2, 0) is 9.59 Å². The first-order valence-corrected chi connectivity index (χ1v) is 7.87. The Morgan fingerprint density at radius 2 is 1.90 bits per heavy atom. The van der Waals surface area contributed by atoms with Gasteiger partial charge in [-0.1, -0.05) is 6.92 Å². The van der Waals surface area contributed by atoms with Gasteiger partial charge in [0.05, 0.1) is 0 Å². The van der Waals surface area contributed by atoms with Gasteiger partial charge in [0.2, 0.25) is 11.8 Å². The van der Waals surface area contributed by atoms with Gasteiger partial charge in [0.1, 0.15) is 0 Å². The number of carbonyl (C=O) groups is 2. The van der Waals surface area contributed by atoms with Crippen molar-refractivity contribution in [3.05, 3.63) is 0 Å². The topological polar surface area (TPSA) is 75.4 Å². The lowest BCUT2D eigenvalue weighted by atomic mass is 9.79. The molecule has 5 nitrogen and oxygen atoms in total. The highest BCUT2D eigenvalue weighted by Crippen LogP contribution is 2.28. The molecule has 2 aliphatic rings. The molecule has 0 spiro atoms. The third-order valence-electron chi connectivity index (χ3n) is 4.45. The van der Waals surface area contributed by atoms with Crippen molar-refractivity contribution in [3.63, 3.8) is 0 Å². The Hall–Kier alpha value is -1.10. The minimum absolute atomic E-state index is 0.0237. The van der Waals surface area contributed by atoms with E-state index in [-0.39, 0.29) is 23.8 Å². The van der Waals surface area contributed by atoms with Crippen LogP contribution in [0.1, 0.15) is 45.4 Å². The van der Waals surface area contributed by atoms with Crippen LogP contribution in [0.3, 0.4) is 0 Å². The monoisotopic (exact) mass is 281 g/mol. The van der Waals surface area contributed by atoms with E-state index in [0.29, 0.717) is 18.9 Å². The summed E-state index contributed by atoms with van der Waals surface area (Å²) in [5, 5.41) is 2.91. The van der Waals surface area contributed by atoms with Gasteiger partial charge in [-0.05, 0) is 38.0 Å². The van der Waals surface area contributed by atoms with Crippen molar-refractivity contribution in [3.8, 4) is 0 Å². The van der Waals surface area contributed by atoms with Gasteiger partial charge in [-0.3, -0.25) is 9.59 Å². The SMILES string of the molecule is CC1CC(N)CC(C(=O)NCCC(=O)N2CCCC2)C1. The largest absolute Gasteiger partial charge is 0.355 e. The minimum Gasteiger partial charge on any atom is -0.355 e. The second-order valence-electron chi connectivity index (χ2n) is 6.40. The zero-order chi connectivity index (χ0) is 14.5. The van der Waals surface area contributed by atoms with Crippen LogP contribution >= 0.6 is 0 Å². The van der Waals surface area contributed by atoms with E-state index < -0.39 is 0 Å². The van der Waals surface area contributed by atoms with Crippen molar-refractivity contribution in [2.45, 2.75) is 51.5 Å². The Morgan fingerprint density at radius 3 is 2.55 bits per heavy atom. The maximum atomic E-state index is 12.1. The van der Waals surface area contributed by atoms with Gasteiger partial charge in [-0.25, -0.2) is 0 Å². The zero-order valence-electron chi connectivity index (χ0n) is 12.4. The highest BCUT2D eigenvalue weighted by atomic mass is 16.2. The summed E-state index contributed by atoms with van der Waals surface area (Å²) in [4.78, 5) is 25.9. The second kappa shape index (κ2) is 7.07. The first kappa shape index (κ1) is 15.3. The molecule has 5 heteroatoms. The fourth-order valence-corrected chi connectivity index (χ4v) is 3.43. The molecule has 1 heterocycles. The van der Waals surface area contributed by atoms with Gasteiger partial charge in [-0.2, -0.15) is 0 Å². The van der Waals surface area contributed by atoms with Gasteiger partial charge in [-0.15, -0.1) is 0 Å². The number of nitrogens with one attached hydrogen (secondary N) is 1. The summed E-state index contributed by atoms with van der Waals surface area (Å²) in [7, 11) is 0. The molecular weight excluding hydrogens is 254 g/mol. The molecule has 0 radical (unpaired) electrons. The number of rotatable bonds is 4. The summed E-state index contributed by atoms with van der Waals surface area (Å²) in [6, 6.07) is 0.140. The Labute approximate surface area is 121 Å². The molecule has 2 amide bonds. The highest BCUT2D eigenvalue weighted by molar-refractivity contribution is 5.80. The standard InChI is InChI=1S/C15H27N3O2/c1-11-8-12(10-13(16)9-11)15(20)17-5-4-14(19)18-6-2-3-7-18/h11-13H,2-10,16H2,1H3,(H,17,20). The molecule has 20 heavy (non-hydrogen) atoms. The lowest BCUT2D eigenvalue weighted by Gasteiger charge is -2.30. The molecule has 1 saturated carbocycles. The highest BCUT2D eigenvalue weighted by Gasteiger charge is 2.29. The van der Waals surface area contributed by atoms with Gasteiger partial charge in [0.15, 0.2) is 0 Å². The molecule has 1 aliphatic heterocycles. The quantitative estimate of drug-likeness (QED) is 0.803. The van der Waals surface area contributed by atoms with Gasteiger partial charge in [0, 0.05) is 38.0 Å². The van der Waals surface area contributed by atoms with Gasteiger partial charge >= 0.3 is 0 Å². The lowest BCUT2D eigenvalue weighted by molar-refractivity contribution is -0.130.